The molecule has 35 heavy (non-hydrogen) atoms. The van der Waals surface area contributed by atoms with E-state index >= 15 is 0 Å². The number of hydrogen-bond donors (Lipinski definition) is 1. The van der Waals surface area contributed by atoms with Crippen LogP contribution in [0.5, 0.6) is 5.75 Å². The number of hydrogen-bond acceptors (Lipinski definition) is 5. The number of benzene rings is 2. The van der Waals surface area contributed by atoms with Gasteiger partial charge in [0.2, 0.25) is 0 Å². The molecule has 4 aromatic rings. The predicted molar refractivity (Wildman–Crippen MR) is 138 cm³/mol. The van der Waals surface area contributed by atoms with Gasteiger partial charge in [0.15, 0.2) is 5.11 Å². The molecule has 0 bridgehead atoms. The molecule has 2 atom stereocenters. The zero-order valence-electron chi connectivity index (χ0n) is 18.9. The van der Waals surface area contributed by atoms with E-state index in [0.717, 1.165) is 28.5 Å². The van der Waals surface area contributed by atoms with Crippen molar-refractivity contribution in [2.24, 2.45) is 0 Å². The van der Waals surface area contributed by atoms with Gasteiger partial charge in [-0.25, -0.2) is 0 Å². The minimum Gasteiger partial charge on any atom is -0.494 e. The fraction of sp³-hybridized carbons (Fsp3) is 0.154. The van der Waals surface area contributed by atoms with Gasteiger partial charge in [-0.1, -0.05) is 6.07 Å². The molecule has 2 aromatic carbocycles. The molecular formula is C26H23N5O3S. The maximum Gasteiger partial charge on any atom is 0.269 e. The molecule has 176 valence electrons. The van der Waals surface area contributed by atoms with Crippen LogP contribution in [0.2, 0.25) is 0 Å². The average molecular weight is 486 g/mol. The highest BCUT2D eigenvalue weighted by Gasteiger charge is 2.42. The fourth-order valence-corrected chi connectivity index (χ4v) is 4.75. The average Bonchev–Trinajstić information content (AvgIpc) is 3.50. The SMILES string of the molecule is CCOc1ccc(N2C(=S)N[C@@H](c3ccccn3)[C@H]2c2cccn2-c2ccc([N+](=O)[O-])cc2)cc1. The van der Waals surface area contributed by atoms with Gasteiger partial charge in [0.25, 0.3) is 5.69 Å². The molecule has 0 radical (unpaired) electrons. The summed E-state index contributed by atoms with van der Waals surface area (Å²) in [5.41, 5.74) is 3.62. The summed E-state index contributed by atoms with van der Waals surface area (Å²) in [5.74, 6) is 0.793. The van der Waals surface area contributed by atoms with Gasteiger partial charge in [0.05, 0.1) is 23.3 Å². The Morgan fingerprint density at radius 2 is 1.77 bits per heavy atom. The molecule has 8 nitrogen and oxygen atoms in total. The van der Waals surface area contributed by atoms with Crippen molar-refractivity contribution in [2.45, 2.75) is 19.0 Å². The second kappa shape index (κ2) is 9.55. The van der Waals surface area contributed by atoms with Crippen LogP contribution in [-0.2, 0) is 0 Å². The van der Waals surface area contributed by atoms with Crippen LogP contribution in [0.4, 0.5) is 11.4 Å². The first kappa shape index (κ1) is 22.5. The number of thiocarbonyl (C=S) groups is 1. The van der Waals surface area contributed by atoms with Crippen LogP contribution in [-0.4, -0.2) is 26.2 Å². The predicted octanol–water partition coefficient (Wildman–Crippen LogP) is 5.36. The lowest BCUT2D eigenvalue weighted by atomic mass is 10.0. The van der Waals surface area contributed by atoms with E-state index in [0.29, 0.717) is 11.7 Å². The molecule has 2 aromatic heterocycles. The standard InChI is InChI=1S/C26H23N5O3S/c1-2-34-21-14-12-19(13-15-21)30-25(24(28-26(30)35)22-6-3-4-16-27-22)23-7-5-17-29(23)18-8-10-20(11-9-18)31(32)33/h3-17,24-25H,2H2,1H3,(H,28,35)/t24-,25+/m0/s1. The van der Waals surface area contributed by atoms with E-state index in [1.54, 1.807) is 18.3 Å². The van der Waals surface area contributed by atoms with Crippen molar-refractivity contribution >= 4 is 28.7 Å². The topological polar surface area (TPSA) is 85.5 Å². The summed E-state index contributed by atoms with van der Waals surface area (Å²) in [4.78, 5) is 17.4. The lowest BCUT2D eigenvalue weighted by Crippen LogP contribution is -2.30. The molecular weight excluding hydrogens is 462 g/mol. The number of rotatable bonds is 7. The normalized spacial score (nSPS) is 17.3. The molecule has 1 aliphatic heterocycles. The third-order valence-electron chi connectivity index (χ3n) is 5.95. The first-order valence-electron chi connectivity index (χ1n) is 11.2. The number of pyridine rings is 1. The Balaban J connectivity index is 1.60. The number of aromatic nitrogens is 2. The van der Waals surface area contributed by atoms with Crippen molar-refractivity contribution in [3.8, 4) is 11.4 Å². The Morgan fingerprint density at radius 3 is 2.43 bits per heavy atom. The molecule has 0 aliphatic carbocycles. The molecule has 9 heteroatoms. The maximum atomic E-state index is 11.1. The van der Waals surface area contributed by atoms with E-state index in [1.807, 2.05) is 72.3 Å². The van der Waals surface area contributed by atoms with Crippen LogP contribution >= 0.6 is 12.2 Å². The van der Waals surface area contributed by atoms with Crippen LogP contribution in [0, 0.1) is 10.1 Å². The van der Waals surface area contributed by atoms with Crippen molar-refractivity contribution in [2.75, 3.05) is 11.5 Å². The lowest BCUT2D eigenvalue weighted by molar-refractivity contribution is -0.384. The minimum atomic E-state index is -0.398. The van der Waals surface area contributed by atoms with E-state index in [9.17, 15) is 10.1 Å². The zero-order chi connectivity index (χ0) is 24.4. The number of nitro groups is 1. The van der Waals surface area contributed by atoms with Crippen molar-refractivity contribution in [3.05, 3.63) is 113 Å². The molecule has 5 rings (SSSR count). The van der Waals surface area contributed by atoms with E-state index < -0.39 is 4.92 Å². The summed E-state index contributed by atoms with van der Waals surface area (Å²) in [7, 11) is 0. The Kier molecular flexibility index (Phi) is 6.15. The molecule has 0 saturated carbocycles. The largest absolute Gasteiger partial charge is 0.494 e. The summed E-state index contributed by atoms with van der Waals surface area (Å²) < 4.78 is 7.64. The molecule has 0 unspecified atom stereocenters. The van der Waals surface area contributed by atoms with Gasteiger partial charge < -0.3 is 19.5 Å². The monoisotopic (exact) mass is 485 g/mol. The van der Waals surface area contributed by atoms with Crippen molar-refractivity contribution in [1.82, 2.24) is 14.9 Å². The van der Waals surface area contributed by atoms with Gasteiger partial charge in [-0.3, -0.25) is 15.1 Å². The number of ether oxygens (including phenoxy) is 1. The third-order valence-corrected chi connectivity index (χ3v) is 6.26. The molecule has 1 aliphatic rings. The van der Waals surface area contributed by atoms with Crippen LogP contribution in [0.1, 0.15) is 30.4 Å². The zero-order valence-corrected chi connectivity index (χ0v) is 19.8. The van der Waals surface area contributed by atoms with Gasteiger partial charge in [-0.2, -0.15) is 0 Å². The second-order valence-corrected chi connectivity index (χ2v) is 8.39. The third kappa shape index (κ3) is 4.33. The molecule has 1 N–H and O–H groups in total. The molecule has 0 amide bonds. The molecule has 1 saturated heterocycles. The highest BCUT2D eigenvalue weighted by atomic mass is 32.1. The first-order chi connectivity index (χ1) is 17.1. The quantitative estimate of drug-likeness (QED) is 0.214. The minimum absolute atomic E-state index is 0.0496. The Morgan fingerprint density at radius 1 is 1.03 bits per heavy atom. The summed E-state index contributed by atoms with van der Waals surface area (Å²) in [6.45, 7) is 2.55. The van der Waals surface area contributed by atoms with E-state index in [2.05, 4.69) is 15.2 Å². The van der Waals surface area contributed by atoms with E-state index in [1.165, 1.54) is 12.1 Å². The number of nitrogens with one attached hydrogen (secondary N) is 1. The van der Waals surface area contributed by atoms with Crippen LogP contribution < -0.4 is 15.0 Å². The van der Waals surface area contributed by atoms with Crippen molar-refractivity contribution < 1.29 is 9.66 Å². The Bertz CT molecular complexity index is 1340. The summed E-state index contributed by atoms with van der Waals surface area (Å²) in [6.07, 6.45) is 3.72. The van der Waals surface area contributed by atoms with Crippen molar-refractivity contribution in [3.63, 3.8) is 0 Å². The van der Waals surface area contributed by atoms with Gasteiger partial charge in [-0.05, 0) is 79.8 Å². The van der Waals surface area contributed by atoms with Gasteiger partial charge >= 0.3 is 0 Å². The van der Waals surface area contributed by atoms with Crippen LogP contribution in [0.15, 0.2) is 91.3 Å². The first-order valence-corrected chi connectivity index (χ1v) is 11.6. The maximum absolute atomic E-state index is 11.1. The highest BCUT2D eigenvalue weighted by molar-refractivity contribution is 7.80. The number of nitro benzene ring substituents is 1. The number of nitrogens with zero attached hydrogens (tertiary/aromatic N) is 4. The van der Waals surface area contributed by atoms with Crippen molar-refractivity contribution in [1.29, 1.82) is 0 Å². The van der Waals surface area contributed by atoms with Gasteiger partial charge in [-0.15, -0.1) is 0 Å². The van der Waals surface area contributed by atoms with Gasteiger partial charge in [0.1, 0.15) is 11.8 Å². The fourth-order valence-electron chi connectivity index (χ4n) is 4.41. The van der Waals surface area contributed by atoms with Gasteiger partial charge in [0, 0.05) is 41.6 Å². The summed E-state index contributed by atoms with van der Waals surface area (Å²) in [6, 6.07) is 23.8. The molecule has 3 heterocycles. The summed E-state index contributed by atoms with van der Waals surface area (Å²) in [5, 5.41) is 15.2. The number of anilines is 1. The molecule has 1 fully saturated rings. The van der Waals surface area contributed by atoms with Crippen LogP contribution in [0.25, 0.3) is 5.69 Å². The summed E-state index contributed by atoms with van der Waals surface area (Å²) >= 11 is 5.81. The second-order valence-electron chi connectivity index (χ2n) is 8.00. The number of non-ortho nitro benzene ring substituents is 1. The molecule has 0 spiro atoms. The van der Waals surface area contributed by atoms with E-state index in [4.69, 9.17) is 17.0 Å². The highest BCUT2D eigenvalue weighted by Crippen LogP contribution is 2.42. The van der Waals surface area contributed by atoms with E-state index in [-0.39, 0.29) is 17.8 Å². The Hall–Kier alpha value is -4.24. The smallest absolute Gasteiger partial charge is 0.269 e. The van der Waals surface area contributed by atoms with Crippen LogP contribution in [0.3, 0.4) is 0 Å². The Labute approximate surface area is 207 Å². The lowest BCUT2D eigenvalue weighted by Gasteiger charge is -2.29.